The minimum atomic E-state index is 0.0179. The number of carbonyl (C=O) groups is 1. The predicted octanol–water partition coefficient (Wildman–Crippen LogP) is 2.71. The number of benzene rings is 1. The van der Waals surface area contributed by atoms with Crippen molar-refractivity contribution in [2.24, 2.45) is 0 Å². The summed E-state index contributed by atoms with van der Waals surface area (Å²) in [5, 5.41) is 0. The summed E-state index contributed by atoms with van der Waals surface area (Å²) < 4.78 is 11.7. The highest BCUT2D eigenvalue weighted by atomic mass is 79.9. The summed E-state index contributed by atoms with van der Waals surface area (Å²) in [5.74, 6) is 0.735. The molecule has 104 valence electrons. The summed E-state index contributed by atoms with van der Waals surface area (Å²) >= 11 is 3.43. The number of hydrogen-bond acceptors (Lipinski definition) is 3. The van der Waals surface area contributed by atoms with Crippen molar-refractivity contribution >= 4 is 21.8 Å². The predicted molar refractivity (Wildman–Crippen MR) is 76.6 cm³/mol. The first-order chi connectivity index (χ1) is 9.08. The van der Waals surface area contributed by atoms with Gasteiger partial charge < -0.3 is 14.4 Å². The summed E-state index contributed by atoms with van der Waals surface area (Å²) in [6.45, 7) is 6.41. The van der Waals surface area contributed by atoms with E-state index in [0.29, 0.717) is 31.9 Å². The highest BCUT2D eigenvalue weighted by Crippen LogP contribution is 2.25. The Morgan fingerprint density at radius 3 is 2.68 bits per heavy atom. The van der Waals surface area contributed by atoms with Gasteiger partial charge in [0.05, 0.1) is 24.9 Å². The summed E-state index contributed by atoms with van der Waals surface area (Å²) in [7, 11) is 0. The summed E-state index contributed by atoms with van der Waals surface area (Å²) in [5.41, 5.74) is 0.639. The van der Waals surface area contributed by atoms with E-state index in [-0.39, 0.29) is 12.0 Å². The number of rotatable bonds is 3. The molecule has 1 aliphatic rings. The van der Waals surface area contributed by atoms with Crippen LogP contribution in [0.5, 0.6) is 5.75 Å². The molecule has 1 aromatic rings. The van der Waals surface area contributed by atoms with E-state index in [1.54, 1.807) is 6.07 Å². The van der Waals surface area contributed by atoms with Crippen LogP contribution in [0.2, 0.25) is 0 Å². The molecular formula is C14H18BrNO3. The molecule has 0 aromatic heterocycles. The Morgan fingerprint density at radius 2 is 2.05 bits per heavy atom. The number of carbonyl (C=O) groups excluding carboxylic acids is 1. The highest BCUT2D eigenvalue weighted by molar-refractivity contribution is 9.10. The van der Waals surface area contributed by atoms with Gasteiger partial charge in [-0.1, -0.05) is 0 Å². The lowest BCUT2D eigenvalue weighted by molar-refractivity contribution is 0.0302. The highest BCUT2D eigenvalue weighted by Gasteiger charge is 2.21. The van der Waals surface area contributed by atoms with Crippen LogP contribution in [-0.2, 0) is 4.74 Å². The van der Waals surface area contributed by atoms with Crippen LogP contribution in [0.25, 0.3) is 0 Å². The number of hydrogen-bond donors (Lipinski definition) is 0. The maximum Gasteiger partial charge on any atom is 0.255 e. The Kier molecular flexibility index (Phi) is 4.82. The monoisotopic (exact) mass is 327 g/mol. The molecule has 1 aromatic carbocycles. The second kappa shape index (κ2) is 6.39. The van der Waals surface area contributed by atoms with Gasteiger partial charge in [-0.25, -0.2) is 0 Å². The van der Waals surface area contributed by atoms with Crippen molar-refractivity contribution in [1.29, 1.82) is 0 Å². The zero-order valence-electron chi connectivity index (χ0n) is 11.2. The Hall–Kier alpha value is -1.07. The minimum Gasteiger partial charge on any atom is -0.491 e. The Morgan fingerprint density at radius 1 is 1.37 bits per heavy atom. The summed E-state index contributed by atoms with van der Waals surface area (Å²) in [6.07, 6.45) is 0.0903. The maximum absolute atomic E-state index is 12.4. The topological polar surface area (TPSA) is 38.8 Å². The standard InChI is InChI=1S/C14H18BrNO3/c1-10(2)19-11-3-4-13(15)12(9-11)14(17)16-5-7-18-8-6-16/h3-4,9-10H,5-8H2,1-2H3. The molecule has 2 rings (SSSR count). The van der Waals surface area contributed by atoms with Crippen molar-refractivity contribution in [3.05, 3.63) is 28.2 Å². The lowest BCUT2D eigenvalue weighted by Gasteiger charge is -2.27. The average Bonchev–Trinajstić information content (AvgIpc) is 2.40. The van der Waals surface area contributed by atoms with E-state index in [4.69, 9.17) is 9.47 Å². The van der Waals surface area contributed by atoms with Gasteiger partial charge in [0.1, 0.15) is 5.75 Å². The van der Waals surface area contributed by atoms with Crippen LogP contribution in [0.15, 0.2) is 22.7 Å². The molecule has 19 heavy (non-hydrogen) atoms. The smallest absolute Gasteiger partial charge is 0.255 e. The van der Waals surface area contributed by atoms with Gasteiger partial charge in [-0.3, -0.25) is 4.79 Å². The molecule has 1 aliphatic heterocycles. The third kappa shape index (κ3) is 3.70. The second-order valence-electron chi connectivity index (χ2n) is 4.71. The quantitative estimate of drug-likeness (QED) is 0.856. The SMILES string of the molecule is CC(C)Oc1ccc(Br)c(C(=O)N2CCOCC2)c1. The van der Waals surface area contributed by atoms with Crippen molar-refractivity contribution in [3.63, 3.8) is 0 Å². The van der Waals surface area contributed by atoms with Crippen LogP contribution in [0, 0.1) is 0 Å². The van der Waals surface area contributed by atoms with Crippen LogP contribution in [0.4, 0.5) is 0 Å². The van der Waals surface area contributed by atoms with Crippen LogP contribution < -0.4 is 4.74 Å². The van der Waals surface area contributed by atoms with E-state index >= 15 is 0 Å². The number of morpholine rings is 1. The Labute approximate surface area is 121 Å². The van der Waals surface area contributed by atoms with Crippen LogP contribution in [0.1, 0.15) is 24.2 Å². The van der Waals surface area contributed by atoms with Crippen molar-refractivity contribution in [1.82, 2.24) is 4.90 Å². The summed E-state index contributed by atoms with van der Waals surface area (Å²) in [4.78, 5) is 14.3. The first kappa shape index (κ1) is 14.3. The molecule has 0 aliphatic carbocycles. The van der Waals surface area contributed by atoms with Gasteiger partial charge >= 0.3 is 0 Å². The number of halogens is 1. The van der Waals surface area contributed by atoms with Gasteiger partial charge in [0.2, 0.25) is 0 Å². The zero-order chi connectivity index (χ0) is 13.8. The number of nitrogens with zero attached hydrogens (tertiary/aromatic N) is 1. The molecule has 5 heteroatoms. The molecule has 0 bridgehead atoms. The van der Waals surface area contributed by atoms with Gasteiger partial charge in [-0.15, -0.1) is 0 Å². The third-order valence-electron chi connectivity index (χ3n) is 2.84. The number of amides is 1. The number of ether oxygens (including phenoxy) is 2. The van der Waals surface area contributed by atoms with E-state index in [0.717, 1.165) is 10.2 Å². The first-order valence-electron chi connectivity index (χ1n) is 6.41. The zero-order valence-corrected chi connectivity index (χ0v) is 12.8. The third-order valence-corrected chi connectivity index (χ3v) is 3.53. The van der Waals surface area contributed by atoms with Crippen molar-refractivity contribution in [2.75, 3.05) is 26.3 Å². The van der Waals surface area contributed by atoms with Gasteiger partial charge in [0, 0.05) is 17.6 Å². The van der Waals surface area contributed by atoms with Crippen molar-refractivity contribution < 1.29 is 14.3 Å². The normalized spacial score (nSPS) is 15.7. The summed E-state index contributed by atoms with van der Waals surface area (Å²) in [6, 6.07) is 5.51. The van der Waals surface area contributed by atoms with E-state index in [9.17, 15) is 4.79 Å². The molecule has 0 saturated carbocycles. The Balaban J connectivity index is 2.19. The lowest BCUT2D eigenvalue weighted by Crippen LogP contribution is -2.40. The van der Waals surface area contributed by atoms with Gasteiger partial charge in [-0.2, -0.15) is 0 Å². The van der Waals surface area contributed by atoms with Gasteiger partial charge in [0.25, 0.3) is 5.91 Å². The molecule has 0 unspecified atom stereocenters. The van der Waals surface area contributed by atoms with Crippen LogP contribution >= 0.6 is 15.9 Å². The molecule has 1 fully saturated rings. The molecule has 0 radical (unpaired) electrons. The van der Waals surface area contributed by atoms with E-state index in [1.807, 2.05) is 30.9 Å². The largest absolute Gasteiger partial charge is 0.491 e. The molecular weight excluding hydrogens is 310 g/mol. The van der Waals surface area contributed by atoms with Crippen LogP contribution in [0.3, 0.4) is 0 Å². The van der Waals surface area contributed by atoms with Crippen LogP contribution in [-0.4, -0.2) is 43.2 Å². The van der Waals surface area contributed by atoms with Crippen molar-refractivity contribution in [3.8, 4) is 5.75 Å². The lowest BCUT2D eigenvalue weighted by atomic mass is 10.2. The fourth-order valence-electron chi connectivity index (χ4n) is 1.95. The minimum absolute atomic E-state index is 0.0179. The molecule has 0 N–H and O–H groups in total. The fourth-order valence-corrected chi connectivity index (χ4v) is 2.37. The van der Waals surface area contributed by atoms with E-state index in [2.05, 4.69) is 15.9 Å². The van der Waals surface area contributed by atoms with Gasteiger partial charge in [-0.05, 0) is 48.0 Å². The molecule has 1 amide bonds. The van der Waals surface area contributed by atoms with E-state index < -0.39 is 0 Å². The second-order valence-corrected chi connectivity index (χ2v) is 5.57. The maximum atomic E-state index is 12.4. The molecule has 1 heterocycles. The molecule has 1 saturated heterocycles. The molecule has 0 atom stereocenters. The Bertz CT molecular complexity index is 456. The molecule has 4 nitrogen and oxygen atoms in total. The van der Waals surface area contributed by atoms with Crippen molar-refractivity contribution in [2.45, 2.75) is 20.0 Å². The molecule has 0 spiro atoms. The first-order valence-corrected chi connectivity index (χ1v) is 7.20. The fraction of sp³-hybridized carbons (Fsp3) is 0.500. The van der Waals surface area contributed by atoms with Gasteiger partial charge in [0.15, 0.2) is 0 Å². The van der Waals surface area contributed by atoms with E-state index in [1.165, 1.54) is 0 Å². The average molecular weight is 328 g/mol.